The van der Waals surface area contributed by atoms with Crippen molar-refractivity contribution in [1.82, 2.24) is 0 Å². The Morgan fingerprint density at radius 1 is 0.810 bits per heavy atom. The summed E-state index contributed by atoms with van der Waals surface area (Å²) < 4.78 is 62.8. The molecule has 0 aliphatic rings. The van der Waals surface area contributed by atoms with E-state index in [9.17, 15) is 21.9 Å². The van der Waals surface area contributed by atoms with Crippen LogP contribution in [0, 0.1) is 0 Å². The minimum atomic E-state index is -4.77. The number of fused-ring (bicyclic) bond motifs is 1. The fourth-order valence-electron chi connectivity index (χ4n) is 1.89. The molecule has 0 saturated carbocycles. The Kier molecular flexibility index (Phi) is 3.25. The van der Waals surface area contributed by atoms with Crippen molar-refractivity contribution in [2.75, 3.05) is 11.5 Å². The molecular formula is C10H10N2O7S2. The van der Waals surface area contributed by atoms with Gasteiger partial charge in [0.25, 0.3) is 20.2 Å². The molecule has 0 aromatic heterocycles. The van der Waals surface area contributed by atoms with E-state index < -0.39 is 47.2 Å². The van der Waals surface area contributed by atoms with E-state index in [1.54, 1.807) is 0 Å². The zero-order valence-electron chi connectivity index (χ0n) is 10.2. The van der Waals surface area contributed by atoms with Crippen molar-refractivity contribution >= 4 is 42.4 Å². The number of hydrogen-bond acceptors (Lipinski definition) is 7. The van der Waals surface area contributed by atoms with Crippen LogP contribution in [0.2, 0.25) is 0 Å². The third-order valence-electron chi connectivity index (χ3n) is 2.85. The van der Waals surface area contributed by atoms with Crippen LogP contribution >= 0.6 is 0 Å². The Hall–Kier alpha value is -2.08. The molecule has 0 unspecified atom stereocenters. The van der Waals surface area contributed by atoms with Gasteiger partial charge >= 0.3 is 0 Å². The molecular weight excluding hydrogens is 324 g/mol. The maximum Gasteiger partial charge on any atom is 0.296 e. The second-order valence-corrected chi connectivity index (χ2v) is 6.94. The second kappa shape index (κ2) is 4.46. The van der Waals surface area contributed by atoms with Crippen molar-refractivity contribution < 1.29 is 31.0 Å². The molecule has 2 rings (SSSR count). The molecule has 2 aromatic rings. The first-order valence-corrected chi connectivity index (χ1v) is 8.11. The van der Waals surface area contributed by atoms with Gasteiger partial charge in [-0.3, -0.25) is 9.11 Å². The average molecular weight is 334 g/mol. The molecule has 0 heterocycles. The lowest BCUT2D eigenvalue weighted by Gasteiger charge is -2.12. The van der Waals surface area contributed by atoms with Crippen molar-refractivity contribution in [2.24, 2.45) is 0 Å². The van der Waals surface area contributed by atoms with E-state index in [1.165, 1.54) is 0 Å². The van der Waals surface area contributed by atoms with Gasteiger partial charge in [0, 0.05) is 10.8 Å². The smallest absolute Gasteiger partial charge is 0.296 e. The van der Waals surface area contributed by atoms with Gasteiger partial charge in [0.2, 0.25) is 0 Å². The summed E-state index contributed by atoms with van der Waals surface area (Å²) >= 11 is 0. The van der Waals surface area contributed by atoms with Gasteiger partial charge in [-0.05, 0) is 18.2 Å². The molecule has 0 fully saturated rings. The zero-order valence-corrected chi connectivity index (χ0v) is 11.8. The van der Waals surface area contributed by atoms with Crippen molar-refractivity contribution in [3.8, 4) is 5.75 Å². The lowest BCUT2D eigenvalue weighted by molar-refractivity contribution is 0.473. The summed E-state index contributed by atoms with van der Waals surface area (Å²) in [5, 5.41) is 9.61. The lowest BCUT2D eigenvalue weighted by atomic mass is 10.1. The minimum absolute atomic E-state index is 0.0372. The van der Waals surface area contributed by atoms with Crippen LogP contribution in [0.1, 0.15) is 0 Å². The predicted octanol–water partition coefficient (Wildman–Crippen LogP) is 0.203. The summed E-state index contributed by atoms with van der Waals surface area (Å²) in [7, 11) is -9.41. The van der Waals surface area contributed by atoms with Crippen molar-refractivity contribution in [3.63, 3.8) is 0 Å². The van der Waals surface area contributed by atoms with Crippen LogP contribution in [-0.2, 0) is 20.2 Å². The van der Waals surface area contributed by atoms with Crippen LogP contribution in [0.4, 0.5) is 11.4 Å². The molecule has 0 amide bonds. The number of nitrogen functional groups attached to an aromatic ring is 2. The Labute approximate surface area is 119 Å². The van der Waals surface area contributed by atoms with E-state index in [4.69, 9.17) is 20.6 Å². The Balaban J connectivity index is 3.05. The summed E-state index contributed by atoms with van der Waals surface area (Å²) in [6.07, 6.45) is 0. The number of benzene rings is 2. The standard InChI is InChI=1S/C10H10N2O7S2/c11-8-5-3-7(21(17,18)19)9(12)10(13)4(5)1-2-6(8)20(14,15)16/h1-3,13H,11-12H2,(H,14,15,16)(H,17,18,19). The zero-order chi connectivity index (χ0) is 16.2. The van der Waals surface area contributed by atoms with Gasteiger partial charge in [-0.15, -0.1) is 0 Å². The summed E-state index contributed by atoms with van der Waals surface area (Å²) in [5.41, 5.74) is 9.88. The van der Waals surface area contributed by atoms with Gasteiger partial charge in [0.15, 0.2) is 0 Å². The molecule has 7 N–H and O–H groups in total. The quantitative estimate of drug-likeness (QED) is 0.291. The van der Waals surface area contributed by atoms with E-state index in [0.29, 0.717) is 0 Å². The fourth-order valence-corrected chi connectivity index (χ4v) is 3.16. The van der Waals surface area contributed by atoms with E-state index >= 15 is 0 Å². The minimum Gasteiger partial charge on any atom is -0.505 e. The van der Waals surface area contributed by atoms with Crippen LogP contribution < -0.4 is 11.5 Å². The average Bonchev–Trinajstić information content (AvgIpc) is 2.31. The monoisotopic (exact) mass is 334 g/mol. The highest BCUT2D eigenvalue weighted by Crippen LogP contribution is 2.40. The first kappa shape index (κ1) is 15.3. The number of hydrogen-bond donors (Lipinski definition) is 5. The predicted molar refractivity (Wildman–Crippen MR) is 74.1 cm³/mol. The highest BCUT2D eigenvalue weighted by atomic mass is 32.2. The molecule has 0 bridgehead atoms. The summed E-state index contributed by atoms with van der Waals surface area (Å²) in [6, 6.07) is 2.83. The van der Waals surface area contributed by atoms with Crippen LogP contribution in [0.3, 0.4) is 0 Å². The molecule has 21 heavy (non-hydrogen) atoms. The number of phenols is 1. The van der Waals surface area contributed by atoms with Crippen molar-refractivity contribution in [2.45, 2.75) is 9.79 Å². The topological polar surface area (TPSA) is 181 Å². The molecule has 0 aliphatic heterocycles. The molecule has 0 atom stereocenters. The largest absolute Gasteiger partial charge is 0.505 e. The first-order valence-electron chi connectivity index (χ1n) is 5.23. The maximum atomic E-state index is 11.2. The molecule has 11 heteroatoms. The Bertz CT molecular complexity index is 965. The highest BCUT2D eigenvalue weighted by Gasteiger charge is 2.23. The van der Waals surface area contributed by atoms with Crippen molar-refractivity contribution in [1.29, 1.82) is 0 Å². The van der Waals surface area contributed by atoms with Crippen LogP contribution in [0.5, 0.6) is 5.75 Å². The lowest BCUT2D eigenvalue weighted by Crippen LogP contribution is -2.06. The van der Waals surface area contributed by atoms with Crippen LogP contribution in [-0.4, -0.2) is 31.0 Å². The normalized spacial score (nSPS) is 12.7. The summed E-state index contributed by atoms with van der Waals surface area (Å²) in [6.45, 7) is 0. The van der Waals surface area contributed by atoms with E-state index in [-0.39, 0.29) is 10.8 Å². The molecule has 0 aliphatic carbocycles. The summed E-state index contributed by atoms with van der Waals surface area (Å²) in [4.78, 5) is -1.49. The highest BCUT2D eigenvalue weighted by molar-refractivity contribution is 7.86. The van der Waals surface area contributed by atoms with Crippen LogP contribution in [0.15, 0.2) is 28.0 Å². The number of phenolic OH excluding ortho intramolecular Hbond substituents is 1. The van der Waals surface area contributed by atoms with Gasteiger partial charge < -0.3 is 16.6 Å². The Morgan fingerprint density at radius 2 is 1.33 bits per heavy atom. The van der Waals surface area contributed by atoms with Crippen molar-refractivity contribution in [3.05, 3.63) is 18.2 Å². The van der Waals surface area contributed by atoms with Gasteiger partial charge in [-0.25, -0.2) is 0 Å². The van der Waals surface area contributed by atoms with E-state index in [0.717, 1.165) is 18.2 Å². The third kappa shape index (κ3) is 2.47. The fraction of sp³-hybridized carbons (Fsp3) is 0. The number of rotatable bonds is 2. The molecule has 9 nitrogen and oxygen atoms in total. The Morgan fingerprint density at radius 3 is 1.81 bits per heavy atom. The molecule has 0 spiro atoms. The van der Waals surface area contributed by atoms with Gasteiger partial charge in [0.1, 0.15) is 15.5 Å². The number of anilines is 2. The first-order chi connectivity index (χ1) is 9.44. The van der Waals surface area contributed by atoms with E-state index in [2.05, 4.69) is 0 Å². The van der Waals surface area contributed by atoms with Gasteiger partial charge in [0.05, 0.1) is 11.4 Å². The van der Waals surface area contributed by atoms with Crippen LogP contribution in [0.25, 0.3) is 10.8 Å². The van der Waals surface area contributed by atoms with Gasteiger partial charge in [-0.2, -0.15) is 16.8 Å². The number of nitrogens with two attached hydrogens (primary N) is 2. The summed E-state index contributed by atoms with van der Waals surface area (Å²) in [5.74, 6) is -0.686. The molecule has 2 aromatic carbocycles. The third-order valence-corrected chi connectivity index (χ3v) is 4.66. The van der Waals surface area contributed by atoms with E-state index in [1.807, 2.05) is 0 Å². The number of aromatic hydroxyl groups is 1. The molecule has 114 valence electrons. The molecule has 0 radical (unpaired) electrons. The van der Waals surface area contributed by atoms with Gasteiger partial charge in [-0.1, -0.05) is 0 Å². The molecule has 0 saturated heterocycles. The second-order valence-electron chi connectivity index (χ2n) is 4.16. The SMILES string of the molecule is Nc1c(S(=O)(=O)O)cc2c(N)c(S(=O)(=O)O)ccc2c1O. The maximum absolute atomic E-state index is 11.2.